The third-order valence-electron chi connectivity index (χ3n) is 6.62. The SMILES string of the molecule is CCN1CCN(C2=C(c3ccc(OC)c(OC)c3)C(=O)N(c3ccc(C)c(C)c3)C2=O)CC1. The van der Waals surface area contributed by atoms with Crippen LogP contribution >= 0.6 is 0 Å². The number of rotatable bonds is 6. The number of hydrogen-bond acceptors (Lipinski definition) is 6. The zero-order chi connectivity index (χ0) is 23.7. The van der Waals surface area contributed by atoms with Gasteiger partial charge in [-0.1, -0.05) is 19.1 Å². The van der Waals surface area contributed by atoms with Crippen LogP contribution in [-0.4, -0.2) is 68.6 Å². The zero-order valence-electron chi connectivity index (χ0n) is 20.0. The molecule has 7 nitrogen and oxygen atoms in total. The summed E-state index contributed by atoms with van der Waals surface area (Å²) in [7, 11) is 3.13. The maximum absolute atomic E-state index is 13.8. The highest BCUT2D eigenvalue weighted by atomic mass is 16.5. The van der Waals surface area contributed by atoms with Gasteiger partial charge in [-0.3, -0.25) is 9.59 Å². The lowest BCUT2D eigenvalue weighted by Gasteiger charge is -2.36. The second kappa shape index (κ2) is 9.27. The maximum atomic E-state index is 13.8. The molecular formula is C26H31N3O4. The number of carbonyl (C=O) groups is 2. The second-order valence-corrected chi connectivity index (χ2v) is 8.43. The van der Waals surface area contributed by atoms with Gasteiger partial charge in [0, 0.05) is 26.2 Å². The fourth-order valence-corrected chi connectivity index (χ4v) is 4.45. The van der Waals surface area contributed by atoms with Gasteiger partial charge >= 0.3 is 0 Å². The Balaban J connectivity index is 1.82. The Morgan fingerprint density at radius 2 is 1.52 bits per heavy atom. The number of aryl methyl sites for hydroxylation is 2. The Morgan fingerprint density at radius 3 is 2.12 bits per heavy atom. The van der Waals surface area contributed by atoms with Crippen LogP contribution in [0.1, 0.15) is 23.6 Å². The van der Waals surface area contributed by atoms with Crippen molar-refractivity contribution in [3.05, 3.63) is 58.8 Å². The number of amides is 2. The first-order valence-electron chi connectivity index (χ1n) is 11.3. The molecule has 2 amide bonds. The van der Waals surface area contributed by atoms with E-state index in [1.807, 2.05) is 38.1 Å². The van der Waals surface area contributed by atoms with Crippen molar-refractivity contribution < 1.29 is 19.1 Å². The van der Waals surface area contributed by atoms with Crippen molar-refractivity contribution >= 4 is 23.1 Å². The van der Waals surface area contributed by atoms with E-state index in [1.54, 1.807) is 26.4 Å². The van der Waals surface area contributed by atoms with Crippen molar-refractivity contribution in [2.45, 2.75) is 20.8 Å². The fourth-order valence-electron chi connectivity index (χ4n) is 4.45. The van der Waals surface area contributed by atoms with Crippen LogP contribution in [0, 0.1) is 13.8 Å². The molecule has 2 aliphatic heterocycles. The summed E-state index contributed by atoms with van der Waals surface area (Å²) in [6.45, 7) is 10.2. The van der Waals surface area contributed by atoms with Gasteiger partial charge < -0.3 is 19.3 Å². The van der Waals surface area contributed by atoms with Crippen molar-refractivity contribution in [3.8, 4) is 11.5 Å². The average Bonchev–Trinajstić information content (AvgIpc) is 3.10. The van der Waals surface area contributed by atoms with Gasteiger partial charge in [0.15, 0.2) is 11.5 Å². The first-order valence-corrected chi connectivity index (χ1v) is 11.3. The number of anilines is 1. The molecule has 2 aliphatic rings. The molecule has 1 fully saturated rings. The van der Waals surface area contributed by atoms with Crippen LogP contribution in [-0.2, 0) is 9.59 Å². The summed E-state index contributed by atoms with van der Waals surface area (Å²) >= 11 is 0. The number of carbonyl (C=O) groups excluding carboxylic acids is 2. The van der Waals surface area contributed by atoms with Crippen molar-refractivity contribution in [1.29, 1.82) is 0 Å². The standard InChI is InChI=1S/C26H31N3O4/c1-6-27-11-13-28(14-12-27)24-23(19-8-10-21(32-4)22(16-19)33-5)25(30)29(26(24)31)20-9-7-17(2)18(3)15-20/h7-10,15-16H,6,11-14H2,1-5H3. The summed E-state index contributed by atoms with van der Waals surface area (Å²) in [5.74, 6) is 0.492. The Morgan fingerprint density at radius 1 is 0.818 bits per heavy atom. The van der Waals surface area contributed by atoms with Crippen LogP contribution in [0.2, 0.25) is 0 Å². The Kier molecular flexibility index (Phi) is 6.42. The quantitative estimate of drug-likeness (QED) is 0.631. The number of piperazine rings is 1. The van der Waals surface area contributed by atoms with E-state index in [1.165, 1.54) is 4.90 Å². The van der Waals surface area contributed by atoms with Crippen LogP contribution < -0.4 is 14.4 Å². The van der Waals surface area contributed by atoms with E-state index in [9.17, 15) is 9.59 Å². The molecule has 0 N–H and O–H groups in total. The lowest BCUT2D eigenvalue weighted by Crippen LogP contribution is -2.47. The van der Waals surface area contributed by atoms with Gasteiger partial charge in [-0.05, 0) is 61.3 Å². The molecule has 2 aromatic carbocycles. The van der Waals surface area contributed by atoms with E-state index in [0.717, 1.165) is 30.8 Å². The summed E-state index contributed by atoms with van der Waals surface area (Å²) in [4.78, 5) is 33.2. The average molecular weight is 450 g/mol. The van der Waals surface area contributed by atoms with Gasteiger partial charge in [0.2, 0.25) is 0 Å². The highest BCUT2D eigenvalue weighted by molar-refractivity contribution is 6.45. The molecule has 0 aromatic heterocycles. The Bertz CT molecular complexity index is 1120. The molecule has 0 atom stereocenters. The minimum atomic E-state index is -0.316. The van der Waals surface area contributed by atoms with Crippen molar-refractivity contribution in [3.63, 3.8) is 0 Å². The van der Waals surface area contributed by atoms with Crippen LogP contribution in [0.5, 0.6) is 11.5 Å². The van der Waals surface area contributed by atoms with E-state index in [4.69, 9.17) is 9.47 Å². The first-order chi connectivity index (χ1) is 15.9. The molecular weight excluding hydrogens is 418 g/mol. The predicted octanol–water partition coefficient (Wildman–Crippen LogP) is 3.24. The molecule has 0 unspecified atom stereocenters. The third-order valence-corrected chi connectivity index (χ3v) is 6.62. The summed E-state index contributed by atoms with van der Waals surface area (Å²) in [6, 6.07) is 11.0. The largest absolute Gasteiger partial charge is 0.493 e. The summed E-state index contributed by atoms with van der Waals surface area (Å²) in [5, 5.41) is 0. The predicted molar refractivity (Wildman–Crippen MR) is 129 cm³/mol. The van der Waals surface area contributed by atoms with Crippen LogP contribution in [0.25, 0.3) is 5.57 Å². The topological polar surface area (TPSA) is 62.3 Å². The summed E-state index contributed by atoms with van der Waals surface area (Å²) < 4.78 is 10.8. The van der Waals surface area contributed by atoms with Gasteiger partial charge in [0.25, 0.3) is 11.8 Å². The number of imide groups is 1. The molecule has 0 spiro atoms. The third kappa shape index (κ3) is 4.09. The minimum absolute atomic E-state index is 0.280. The lowest BCUT2D eigenvalue weighted by atomic mass is 10.0. The molecule has 7 heteroatoms. The second-order valence-electron chi connectivity index (χ2n) is 8.43. The van der Waals surface area contributed by atoms with E-state index in [0.29, 0.717) is 47.1 Å². The van der Waals surface area contributed by atoms with E-state index < -0.39 is 0 Å². The van der Waals surface area contributed by atoms with Crippen LogP contribution in [0.15, 0.2) is 42.1 Å². The Hall–Kier alpha value is -3.32. The van der Waals surface area contributed by atoms with E-state index >= 15 is 0 Å². The number of benzene rings is 2. The highest BCUT2D eigenvalue weighted by Gasteiger charge is 2.43. The van der Waals surface area contributed by atoms with E-state index in [2.05, 4.69) is 16.7 Å². The molecule has 174 valence electrons. The number of hydrogen-bond donors (Lipinski definition) is 0. The van der Waals surface area contributed by atoms with Crippen molar-refractivity contribution in [1.82, 2.24) is 9.80 Å². The minimum Gasteiger partial charge on any atom is -0.493 e. The maximum Gasteiger partial charge on any atom is 0.282 e. The smallest absolute Gasteiger partial charge is 0.282 e. The number of nitrogens with zero attached hydrogens (tertiary/aromatic N) is 3. The molecule has 1 saturated heterocycles. The summed E-state index contributed by atoms with van der Waals surface area (Å²) in [5.41, 5.74) is 4.25. The number of methoxy groups -OCH3 is 2. The monoisotopic (exact) mass is 449 g/mol. The molecule has 2 heterocycles. The van der Waals surface area contributed by atoms with Crippen molar-refractivity contribution in [2.24, 2.45) is 0 Å². The molecule has 4 rings (SSSR count). The fraction of sp³-hybridized carbons (Fsp3) is 0.385. The molecule has 0 radical (unpaired) electrons. The molecule has 2 aromatic rings. The number of ether oxygens (including phenoxy) is 2. The zero-order valence-corrected chi connectivity index (χ0v) is 20.0. The normalized spacial score (nSPS) is 17.2. The van der Waals surface area contributed by atoms with Gasteiger partial charge in [-0.25, -0.2) is 4.90 Å². The van der Waals surface area contributed by atoms with Crippen molar-refractivity contribution in [2.75, 3.05) is 51.8 Å². The summed E-state index contributed by atoms with van der Waals surface area (Å²) in [6.07, 6.45) is 0. The van der Waals surface area contributed by atoms with E-state index in [-0.39, 0.29) is 11.8 Å². The van der Waals surface area contributed by atoms with Gasteiger partial charge in [-0.2, -0.15) is 0 Å². The first kappa shape index (κ1) is 22.9. The van der Waals surface area contributed by atoms with Gasteiger partial charge in [-0.15, -0.1) is 0 Å². The molecule has 0 saturated carbocycles. The highest BCUT2D eigenvalue weighted by Crippen LogP contribution is 2.38. The molecule has 0 bridgehead atoms. The Labute approximate surface area is 195 Å². The van der Waals surface area contributed by atoms with Crippen LogP contribution in [0.3, 0.4) is 0 Å². The van der Waals surface area contributed by atoms with Gasteiger partial charge in [0.05, 0.1) is 25.5 Å². The number of likely N-dealkylation sites (N-methyl/N-ethyl adjacent to an activating group) is 1. The lowest BCUT2D eigenvalue weighted by molar-refractivity contribution is -0.120. The molecule has 0 aliphatic carbocycles. The molecule has 33 heavy (non-hydrogen) atoms. The van der Waals surface area contributed by atoms with Gasteiger partial charge in [0.1, 0.15) is 5.70 Å². The van der Waals surface area contributed by atoms with Crippen LogP contribution in [0.4, 0.5) is 5.69 Å².